The van der Waals surface area contributed by atoms with Gasteiger partial charge in [-0.25, -0.2) is 4.79 Å². The second-order valence-electron chi connectivity index (χ2n) is 4.26. The molecule has 0 fully saturated rings. The first-order valence-electron chi connectivity index (χ1n) is 6.08. The summed E-state index contributed by atoms with van der Waals surface area (Å²) in [5.74, 6) is -0.922. The van der Waals surface area contributed by atoms with Gasteiger partial charge in [-0.1, -0.05) is 0 Å². The van der Waals surface area contributed by atoms with E-state index in [-0.39, 0.29) is 19.0 Å². The van der Waals surface area contributed by atoms with Crippen molar-refractivity contribution in [2.24, 2.45) is 0 Å². The van der Waals surface area contributed by atoms with Crippen molar-refractivity contribution in [2.75, 3.05) is 18.4 Å². The summed E-state index contributed by atoms with van der Waals surface area (Å²) in [5.41, 5.74) is 1.69. The standard InChI is InChI=1S/C13H16Br2N2O3/c1-3-17(5-4-11(18)19)13(20)16-12-9(14)6-8(2)7-10(12)15/h6-7H,3-5H2,1-2H3,(H,16,20)(H,18,19). The normalized spacial score (nSPS) is 10.2. The Bertz CT molecular complexity index is 497. The van der Waals surface area contributed by atoms with Gasteiger partial charge in [0.1, 0.15) is 0 Å². The molecule has 2 amide bonds. The molecule has 7 heteroatoms. The molecule has 0 heterocycles. The lowest BCUT2D eigenvalue weighted by Gasteiger charge is -2.21. The van der Waals surface area contributed by atoms with E-state index in [0.29, 0.717) is 12.2 Å². The molecule has 0 aliphatic carbocycles. The third kappa shape index (κ3) is 4.79. The number of aliphatic carboxylic acids is 1. The minimum Gasteiger partial charge on any atom is -0.481 e. The summed E-state index contributed by atoms with van der Waals surface area (Å²) in [6, 6.07) is 3.47. The monoisotopic (exact) mass is 406 g/mol. The van der Waals surface area contributed by atoms with Gasteiger partial charge in [0.15, 0.2) is 0 Å². The maximum atomic E-state index is 12.1. The van der Waals surface area contributed by atoms with Gasteiger partial charge >= 0.3 is 12.0 Å². The molecule has 110 valence electrons. The third-order valence-corrected chi connectivity index (χ3v) is 3.93. The largest absolute Gasteiger partial charge is 0.481 e. The molecule has 0 aliphatic rings. The second kappa shape index (κ2) is 7.64. The molecule has 0 spiro atoms. The summed E-state index contributed by atoms with van der Waals surface area (Å²) in [4.78, 5) is 24.1. The summed E-state index contributed by atoms with van der Waals surface area (Å²) in [7, 11) is 0. The van der Waals surface area contributed by atoms with Crippen LogP contribution in [0.25, 0.3) is 0 Å². The minimum atomic E-state index is -0.922. The molecule has 0 atom stereocenters. The number of nitrogens with one attached hydrogen (secondary N) is 1. The van der Waals surface area contributed by atoms with Gasteiger partial charge < -0.3 is 15.3 Å². The fraction of sp³-hybridized carbons (Fsp3) is 0.385. The van der Waals surface area contributed by atoms with Crippen LogP contribution in [0, 0.1) is 6.92 Å². The Morgan fingerprint density at radius 2 is 1.85 bits per heavy atom. The van der Waals surface area contributed by atoms with Crippen LogP contribution in [0.3, 0.4) is 0 Å². The Kier molecular flexibility index (Phi) is 6.48. The highest BCUT2D eigenvalue weighted by Gasteiger charge is 2.16. The molecule has 0 saturated carbocycles. The zero-order chi connectivity index (χ0) is 15.3. The lowest BCUT2D eigenvalue weighted by Crippen LogP contribution is -2.36. The molecule has 1 aromatic rings. The number of halogens is 2. The lowest BCUT2D eigenvalue weighted by molar-refractivity contribution is -0.137. The van der Waals surface area contributed by atoms with Crippen LogP contribution in [0.4, 0.5) is 10.5 Å². The lowest BCUT2D eigenvalue weighted by atomic mass is 10.2. The summed E-state index contributed by atoms with van der Waals surface area (Å²) in [6.07, 6.45) is -0.0719. The molecule has 1 rings (SSSR count). The van der Waals surface area contributed by atoms with Crippen LogP contribution in [0.15, 0.2) is 21.1 Å². The molecule has 1 aromatic carbocycles. The quantitative estimate of drug-likeness (QED) is 0.778. The van der Waals surface area contributed by atoms with Crippen LogP contribution < -0.4 is 5.32 Å². The zero-order valence-electron chi connectivity index (χ0n) is 11.2. The van der Waals surface area contributed by atoms with Gasteiger partial charge in [0.2, 0.25) is 0 Å². The number of carbonyl (C=O) groups is 2. The Morgan fingerprint density at radius 3 is 2.30 bits per heavy atom. The summed E-state index contributed by atoms with van der Waals surface area (Å²) < 4.78 is 1.54. The van der Waals surface area contributed by atoms with Gasteiger partial charge in [-0.2, -0.15) is 0 Å². The number of carbonyl (C=O) groups excluding carboxylic acids is 1. The third-order valence-electron chi connectivity index (χ3n) is 2.68. The molecule has 0 aromatic heterocycles. The predicted octanol–water partition coefficient (Wildman–Crippen LogP) is 3.85. The number of hydrogen-bond donors (Lipinski definition) is 2. The van der Waals surface area contributed by atoms with E-state index in [2.05, 4.69) is 37.2 Å². The van der Waals surface area contributed by atoms with Crippen molar-refractivity contribution in [2.45, 2.75) is 20.3 Å². The number of benzene rings is 1. The maximum Gasteiger partial charge on any atom is 0.321 e. The number of urea groups is 1. The molecule has 0 aliphatic heterocycles. The first kappa shape index (κ1) is 17.0. The number of aryl methyl sites for hydroxylation is 1. The van der Waals surface area contributed by atoms with E-state index in [4.69, 9.17) is 5.11 Å². The Morgan fingerprint density at radius 1 is 1.30 bits per heavy atom. The fourth-order valence-corrected chi connectivity index (χ4v) is 3.25. The SMILES string of the molecule is CCN(CCC(=O)O)C(=O)Nc1c(Br)cc(C)cc1Br. The van der Waals surface area contributed by atoms with Crippen LogP contribution in [0.5, 0.6) is 0 Å². The maximum absolute atomic E-state index is 12.1. The van der Waals surface area contributed by atoms with Gasteiger partial charge in [0.05, 0.1) is 12.1 Å². The minimum absolute atomic E-state index is 0.0719. The van der Waals surface area contributed by atoms with Crippen molar-refractivity contribution in [1.82, 2.24) is 4.90 Å². The Labute approximate surface area is 134 Å². The number of rotatable bonds is 5. The van der Waals surface area contributed by atoms with Gasteiger partial charge in [0.25, 0.3) is 0 Å². The van der Waals surface area contributed by atoms with E-state index >= 15 is 0 Å². The Balaban J connectivity index is 2.81. The van der Waals surface area contributed by atoms with Crippen LogP contribution >= 0.6 is 31.9 Å². The van der Waals surface area contributed by atoms with E-state index in [1.165, 1.54) is 4.90 Å². The highest BCUT2D eigenvalue weighted by atomic mass is 79.9. The predicted molar refractivity (Wildman–Crippen MR) is 85.1 cm³/mol. The smallest absolute Gasteiger partial charge is 0.321 e. The van der Waals surface area contributed by atoms with Crippen molar-refractivity contribution in [3.8, 4) is 0 Å². The number of nitrogens with zero attached hydrogens (tertiary/aromatic N) is 1. The van der Waals surface area contributed by atoms with E-state index in [9.17, 15) is 9.59 Å². The van der Waals surface area contributed by atoms with E-state index < -0.39 is 5.97 Å². The molecule has 0 unspecified atom stereocenters. The van der Waals surface area contributed by atoms with Gasteiger partial charge in [0, 0.05) is 22.0 Å². The van der Waals surface area contributed by atoms with Crippen molar-refractivity contribution >= 4 is 49.5 Å². The fourth-order valence-electron chi connectivity index (χ4n) is 1.64. The van der Waals surface area contributed by atoms with Gasteiger partial charge in [-0.3, -0.25) is 4.79 Å². The van der Waals surface area contributed by atoms with Crippen LogP contribution in [-0.4, -0.2) is 35.1 Å². The Hall–Kier alpha value is -1.08. The number of hydrogen-bond acceptors (Lipinski definition) is 2. The van der Waals surface area contributed by atoms with Crippen molar-refractivity contribution in [1.29, 1.82) is 0 Å². The van der Waals surface area contributed by atoms with Crippen LogP contribution in [-0.2, 0) is 4.79 Å². The first-order chi connectivity index (χ1) is 9.35. The van der Waals surface area contributed by atoms with E-state index in [1.54, 1.807) is 6.92 Å². The topological polar surface area (TPSA) is 69.6 Å². The zero-order valence-corrected chi connectivity index (χ0v) is 14.4. The van der Waals surface area contributed by atoms with E-state index in [1.807, 2.05) is 19.1 Å². The number of carboxylic acids is 1. The summed E-state index contributed by atoms with van der Waals surface area (Å²) in [6.45, 7) is 4.38. The molecule has 5 nitrogen and oxygen atoms in total. The van der Waals surface area contributed by atoms with Crippen molar-refractivity contribution < 1.29 is 14.7 Å². The molecule has 0 bridgehead atoms. The summed E-state index contributed by atoms with van der Waals surface area (Å²) in [5, 5.41) is 11.5. The van der Waals surface area contributed by atoms with Gasteiger partial charge in [-0.15, -0.1) is 0 Å². The highest BCUT2D eigenvalue weighted by Crippen LogP contribution is 2.32. The number of carboxylic acid groups (broad SMARTS) is 1. The van der Waals surface area contributed by atoms with Crippen LogP contribution in [0.2, 0.25) is 0 Å². The van der Waals surface area contributed by atoms with E-state index in [0.717, 1.165) is 14.5 Å². The molecule has 20 heavy (non-hydrogen) atoms. The average molecular weight is 408 g/mol. The molecular weight excluding hydrogens is 392 g/mol. The average Bonchev–Trinajstić information content (AvgIpc) is 2.34. The number of anilines is 1. The van der Waals surface area contributed by atoms with Crippen molar-refractivity contribution in [3.05, 3.63) is 26.6 Å². The second-order valence-corrected chi connectivity index (χ2v) is 5.97. The highest BCUT2D eigenvalue weighted by molar-refractivity contribution is 9.11. The first-order valence-corrected chi connectivity index (χ1v) is 7.67. The molecule has 0 radical (unpaired) electrons. The molecule has 0 saturated heterocycles. The van der Waals surface area contributed by atoms with Crippen LogP contribution in [0.1, 0.15) is 18.9 Å². The molecule has 2 N–H and O–H groups in total. The number of amides is 2. The van der Waals surface area contributed by atoms with Crippen molar-refractivity contribution in [3.63, 3.8) is 0 Å². The summed E-state index contributed by atoms with van der Waals surface area (Å²) >= 11 is 6.80. The van der Waals surface area contributed by atoms with Gasteiger partial charge in [-0.05, 0) is 63.4 Å². The molecular formula is C13H16Br2N2O3.